The van der Waals surface area contributed by atoms with E-state index in [4.69, 9.17) is 4.74 Å². The van der Waals surface area contributed by atoms with E-state index in [1.54, 1.807) is 0 Å². The molecule has 3 rings (SSSR count). The van der Waals surface area contributed by atoms with Crippen LogP contribution in [0.5, 0.6) is 5.75 Å². The minimum absolute atomic E-state index is 0.00609. The number of carbonyl (C=O) groups excluding carboxylic acids is 3. The smallest absolute Gasteiger partial charge is 0.163 e. The minimum Gasteiger partial charge on any atom is -0.512 e. The minimum atomic E-state index is -0.948. The highest BCUT2D eigenvalue weighted by atomic mass is 16.5. The van der Waals surface area contributed by atoms with E-state index in [0.717, 1.165) is 19.3 Å². The van der Waals surface area contributed by atoms with Crippen molar-refractivity contribution >= 4 is 17.3 Å². The van der Waals surface area contributed by atoms with Crippen LogP contribution in [0.4, 0.5) is 0 Å². The van der Waals surface area contributed by atoms with Gasteiger partial charge in [-0.1, -0.05) is 59.6 Å². The Kier molecular flexibility index (Phi) is 7.50. The number of hydrogen-bond donors (Lipinski definition) is 1. The number of Topliss-reactive ketones (excluding diaryl/α,β-unsaturated/α-hetero) is 3. The Hall–Kier alpha value is -2.43. The maximum absolute atomic E-state index is 13.2. The third-order valence-corrected chi connectivity index (χ3v) is 6.80. The number of aliphatic hydroxyl groups is 1. The second kappa shape index (κ2) is 9.82. The zero-order chi connectivity index (χ0) is 24.4. The average molecular weight is 455 g/mol. The summed E-state index contributed by atoms with van der Waals surface area (Å²) in [6.45, 7) is 10.5. The Morgan fingerprint density at radius 3 is 2.03 bits per heavy atom. The molecule has 5 nitrogen and oxygen atoms in total. The fraction of sp³-hybridized carbons (Fsp3) is 0.607. The van der Waals surface area contributed by atoms with E-state index < -0.39 is 11.8 Å². The Bertz CT molecular complexity index is 916. The molecule has 1 fully saturated rings. The summed E-state index contributed by atoms with van der Waals surface area (Å²) in [6.07, 6.45) is 4.40. The molecule has 0 heterocycles. The number of ether oxygens (including phenoxy) is 1. The molecule has 1 saturated carbocycles. The Balaban J connectivity index is 1.99. The summed E-state index contributed by atoms with van der Waals surface area (Å²) in [5, 5.41) is 10.9. The number of ketones is 3. The lowest BCUT2D eigenvalue weighted by Crippen LogP contribution is -2.43. The van der Waals surface area contributed by atoms with Crippen LogP contribution in [0.2, 0.25) is 0 Å². The SMILES string of the molecule is CCCCCOc1ccc(C(C2=C(O)CC(C)(C)CC2=O)C2C(=O)CC(C)(C)CC2=O)cc1. The van der Waals surface area contributed by atoms with E-state index in [1.807, 2.05) is 52.0 Å². The molecule has 1 unspecified atom stereocenters. The van der Waals surface area contributed by atoms with Crippen molar-refractivity contribution in [2.45, 2.75) is 85.5 Å². The predicted octanol–water partition coefficient (Wildman–Crippen LogP) is 6.11. The maximum Gasteiger partial charge on any atom is 0.163 e. The molecule has 0 spiro atoms. The van der Waals surface area contributed by atoms with Gasteiger partial charge >= 0.3 is 0 Å². The summed E-state index contributed by atoms with van der Waals surface area (Å²) in [4.78, 5) is 39.7. The van der Waals surface area contributed by atoms with Gasteiger partial charge in [0, 0.05) is 37.2 Å². The molecule has 0 radical (unpaired) electrons. The van der Waals surface area contributed by atoms with Gasteiger partial charge in [0.1, 0.15) is 23.1 Å². The molecule has 2 aliphatic rings. The van der Waals surface area contributed by atoms with E-state index >= 15 is 0 Å². The van der Waals surface area contributed by atoms with Crippen molar-refractivity contribution in [3.8, 4) is 5.75 Å². The van der Waals surface area contributed by atoms with Gasteiger partial charge in [0.05, 0.1) is 12.5 Å². The molecule has 0 aromatic heterocycles. The molecule has 1 aromatic carbocycles. The van der Waals surface area contributed by atoms with Crippen LogP contribution < -0.4 is 4.74 Å². The second-order valence-electron chi connectivity index (χ2n) is 11.3. The second-order valence-corrected chi connectivity index (χ2v) is 11.3. The summed E-state index contributed by atoms with van der Waals surface area (Å²) in [5.41, 5.74) is 0.184. The van der Waals surface area contributed by atoms with Crippen molar-refractivity contribution < 1.29 is 24.2 Å². The van der Waals surface area contributed by atoms with Crippen molar-refractivity contribution in [2.24, 2.45) is 16.7 Å². The van der Waals surface area contributed by atoms with Crippen LogP contribution in [0.3, 0.4) is 0 Å². The predicted molar refractivity (Wildman–Crippen MR) is 128 cm³/mol. The molecule has 1 aromatic rings. The Labute approximate surface area is 197 Å². The highest BCUT2D eigenvalue weighted by molar-refractivity contribution is 6.09. The summed E-state index contributed by atoms with van der Waals surface area (Å²) in [5.74, 6) is -1.48. The lowest BCUT2D eigenvalue weighted by Gasteiger charge is -2.39. The fourth-order valence-corrected chi connectivity index (χ4v) is 5.27. The molecule has 0 aliphatic heterocycles. The lowest BCUT2D eigenvalue weighted by molar-refractivity contribution is -0.140. The van der Waals surface area contributed by atoms with Crippen LogP contribution in [0.15, 0.2) is 35.6 Å². The topological polar surface area (TPSA) is 80.7 Å². The number of rotatable bonds is 8. The van der Waals surface area contributed by atoms with Gasteiger partial charge in [-0.2, -0.15) is 0 Å². The number of unbranched alkanes of at least 4 members (excludes halogenated alkanes) is 2. The molecule has 180 valence electrons. The third-order valence-electron chi connectivity index (χ3n) is 6.80. The van der Waals surface area contributed by atoms with Crippen molar-refractivity contribution in [1.29, 1.82) is 0 Å². The van der Waals surface area contributed by atoms with Crippen LogP contribution in [-0.4, -0.2) is 29.1 Å². The molecule has 0 saturated heterocycles. The molecule has 33 heavy (non-hydrogen) atoms. The van der Waals surface area contributed by atoms with E-state index in [1.165, 1.54) is 0 Å². The third kappa shape index (κ3) is 5.93. The molecule has 2 aliphatic carbocycles. The van der Waals surface area contributed by atoms with Gasteiger partial charge in [0.15, 0.2) is 5.78 Å². The first-order valence-electron chi connectivity index (χ1n) is 12.2. The zero-order valence-electron chi connectivity index (χ0n) is 20.7. The van der Waals surface area contributed by atoms with Crippen LogP contribution >= 0.6 is 0 Å². The first kappa shape index (κ1) is 25.2. The molecule has 1 atom stereocenters. The largest absolute Gasteiger partial charge is 0.512 e. The van der Waals surface area contributed by atoms with Gasteiger partial charge in [-0.05, 0) is 34.9 Å². The standard InChI is InChI=1S/C28H38O5/c1-6-7-8-13-33-19-11-9-18(10-12-19)24(25-20(29)14-27(2,3)15-21(25)30)26-22(31)16-28(4,5)17-23(26)32/h9-12,24-25,31H,6-8,13-17H2,1-5H3. The molecule has 5 heteroatoms. The van der Waals surface area contributed by atoms with Crippen molar-refractivity contribution in [3.05, 3.63) is 41.2 Å². The number of hydrogen-bond acceptors (Lipinski definition) is 5. The van der Waals surface area contributed by atoms with E-state index in [-0.39, 0.29) is 58.8 Å². The van der Waals surface area contributed by atoms with Crippen molar-refractivity contribution in [2.75, 3.05) is 6.61 Å². The fourth-order valence-electron chi connectivity index (χ4n) is 5.27. The van der Waals surface area contributed by atoms with Gasteiger partial charge in [-0.3, -0.25) is 14.4 Å². The summed E-state index contributed by atoms with van der Waals surface area (Å²) in [6, 6.07) is 7.30. The number of carbonyl (C=O) groups is 3. The highest BCUT2D eigenvalue weighted by Crippen LogP contribution is 2.47. The monoisotopic (exact) mass is 454 g/mol. The average Bonchev–Trinajstić information content (AvgIpc) is 2.68. The molecule has 0 amide bonds. The van der Waals surface area contributed by atoms with Gasteiger partial charge < -0.3 is 9.84 Å². The first-order chi connectivity index (χ1) is 15.4. The van der Waals surface area contributed by atoms with Crippen molar-refractivity contribution in [3.63, 3.8) is 0 Å². The summed E-state index contributed by atoms with van der Waals surface area (Å²) < 4.78 is 5.81. The highest BCUT2D eigenvalue weighted by Gasteiger charge is 2.48. The molecular formula is C28H38O5. The Morgan fingerprint density at radius 1 is 0.909 bits per heavy atom. The Morgan fingerprint density at radius 2 is 1.48 bits per heavy atom. The van der Waals surface area contributed by atoms with E-state index in [0.29, 0.717) is 24.3 Å². The van der Waals surface area contributed by atoms with Crippen LogP contribution in [0.25, 0.3) is 0 Å². The van der Waals surface area contributed by atoms with E-state index in [2.05, 4.69) is 6.92 Å². The van der Waals surface area contributed by atoms with Crippen molar-refractivity contribution in [1.82, 2.24) is 0 Å². The summed E-state index contributed by atoms with van der Waals surface area (Å²) >= 11 is 0. The zero-order valence-corrected chi connectivity index (χ0v) is 20.7. The van der Waals surface area contributed by atoms with Gasteiger partial charge in [0.25, 0.3) is 0 Å². The van der Waals surface area contributed by atoms with Crippen LogP contribution in [0, 0.1) is 16.7 Å². The first-order valence-corrected chi connectivity index (χ1v) is 12.2. The quantitative estimate of drug-likeness (QED) is 0.378. The number of benzene rings is 1. The summed E-state index contributed by atoms with van der Waals surface area (Å²) in [7, 11) is 0. The molecule has 0 bridgehead atoms. The van der Waals surface area contributed by atoms with Crippen LogP contribution in [0.1, 0.15) is 91.0 Å². The molecule has 1 N–H and O–H groups in total. The van der Waals surface area contributed by atoms with E-state index in [9.17, 15) is 19.5 Å². The molecular weight excluding hydrogens is 416 g/mol. The number of aliphatic hydroxyl groups excluding tert-OH is 1. The maximum atomic E-state index is 13.2. The normalized spacial score (nSPS) is 21.9. The number of allylic oxidation sites excluding steroid dienone is 2. The van der Waals surface area contributed by atoms with Crippen LogP contribution in [-0.2, 0) is 14.4 Å². The van der Waals surface area contributed by atoms with Gasteiger partial charge in [-0.15, -0.1) is 0 Å². The van der Waals surface area contributed by atoms with Gasteiger partial charge in [-0.25, -0.2) is 0 Å². The van der Waals surface area contributed by atoms with Gasteiger partial charge in [0.2, 0.25) is 0 Å². The lowest BCUT2D eigenvalue weighted by atomic mass is 9.62.